The third-order valence-corrected chi connectivity index (χ3v) is 4.25. The zero-order chi connectivity index (χ0) is 14.3. The molecule has 1 rings (SSSR count). The van der Waals surface area contributed by atoms with Crippen LogP contribution in [0.1, 0.15) is 57.1 Å². The van der Waals surface area contributed by atoms with Crippen molar-refractivity contribution in [3.63, 3.8) is 0 Å². The molecule has 0 radical (unpaired) electrons. The standard InChI is InChI=1S/C15H24O3S/c1-3-5-6-7-10-13-11-8-12-15(19(16,17)18)14(13)9-4-2/h8,11-12H,3-7,9-10H2,1-2H3,(H,16,17,18). The maximum Gasteiger partial charge on any atom is 0.294 e. The SMILES string of the molecule is CCCCCCc1cccc(S(=O)(=O)O)c1CCC. The van der Waals surface area contributed by atoms with Gasteiger partial charge in [0.2, 0.25) is 0 Å². The van der Waals surface area contributed by atoms with Gasteiger partial charge in [-0.25, -0.2) is 0 Å². The highest BCUT2D eigenvalue weighted by molar-refractivity contribution is 7.85. The van der Waals surface area contributed by atoms with Gasteiger partial charge in [-0.1, -0.05) is 51.7 Å². The minimum absolute atomic E-state index is 0.0855. The van der Waals surface area contributed by atoms with Crippen LogP contribution in [0.15, 0.2) is 23.1 Å². The Morgan fingerprint density at radius 2 is 1.74 bits per heavy atom. The fourth-order valence-corrected chi connectivity index (χ4v) is 3.16. The average Bonchev–Trinajstić information content (AvgIpc) is 2.35. The number of aryl methyl sites for hydroxylation is 1. The molecule has 0 fully saturated rings. The maximum absolute atomic E-state index is 11.4. The van der Waals surface area contributed by atoms with Crippen LogP contribution < -0.4 is 0 Å². The van der Waals surface area contributed by atoms with E-state index in [2.05, 4.69) is 6.92 Å². The third kappa shape index (κ3) is 4.96. The number of hydrogen-bond acceptors (Lipinski definition) is 2. The van der Waals surface area contributed by atoms with Gasteiger partial charge < -0.3 is 0 Å². The monoisotopic (exact) mass is 284 g/mol. The number of hydrogen-bond donors (Lipinski definition) is 1. The summed E-state index contributed by atoms with van der Waals surface area (Å²) >= 11 is 0. The Kier molecular flexibility index (Phi) is 6.52. The lowest BCUT2D eigenvalue weighted by Gasteiger charge is -2.12. The smallest absolute Gasteiger partial charge is 0.282 e. The van der Waals surface area contributed by atoms with Crippen LogP contribution in [0.5, 0.6) is 0 Å². The van der Waals surface area contributed by atoms with E-state index < -0.39 is 10.1 Å². The van der Waals surface area contributed by atoms with E-state index in [1.807, 2.05) is 13.0 Å². The van der Waals surface area contributed by atoms with Crippen LogP contribution >= 0.6 is 0 Å². The third-order valence-electron chi connectivity index (χ3n) is 3.31. The molecule has 19 heavy (non-hydrogen) atoms. The van der Waals surface area contributed by atoms with Gasteiger partial charge >= 0.3 is 0 Å². The lowest BCUT2D eigenvalue weighted by Crippen LogP contribution is -2.06. The Morgan fingerprint density at radius 1 is 1.00 bits per heavy atom. The van der Waals surface area contributed by atoms with Crippen LogP contribution in [0.3, 0.4) is 0 Å². The molecule has 1 aromatic carbocycles. The van der Waals surface area contributed by atoms with E-state index in [1.165, 1.54) is 18.9 Å². The largest absolute Gasteiger partial charge is 0.294 e. The van der Waals surface area contributed by atoms with Crippen LogP contribution in [0.2, 0.25) is 0 Å². The molecule has 1 aromatic rings. The number of unbranched alkanes of at least 4 members (excludes halogenated alkanes) is 3. The normalized spacial score (nSPS) is 11.7. The average molecular weight is 284 g/mol. The Balaban J connectivity index is 2.97. The van der Waals surface area contributed by atoms with Crippen molar-refractivity contribution in [1.82, 2.24) is 0 Å². The summed E-state index contributed by atoms with van der Waals surface area (Å²) in [6, 6.07) is 5.19. The summed E-state index contributed by atoms with van der Waals surface area (Å²) in [5.41, 5.74) is 1.86. The van der Waals surface area contributed by atoms with Gasteiger partial charge in [-0.2, -0.15) is 8.42 Å². The second kappa shape index (κ2) is 7.65. The van der Waals surface area contributed by atoms with Crippen LogP contribution in [-0.2, 0) is 23.0 Å². The van der Waals surface area contributed by atoms with E-state index in [9.17, 15) is 13.0 Å². The summed E-state index contributed by atoms with van der Waals surface area (Å²) in [5.74, 6) is 0. The molecule has 0 aliphatic heterocycles. The molecule has 0 aromatic heterocycles. The molecule has 0 bridgehead atoms. The van der Waals surface area contributed by atoms with E-state index in [4.69, 9.17) is 0 Å². The molecule has 108 valence electrons. The van der Waals surface area contributed by atoms with Crippen LogP contribution in [-0.4, -0.2) is 13.0 Å². The molecule has 0 heterocycles. The van der Waals surface area contributed by atoms with Gasteiger partial charge in [-0.3, -0.25) is 4.55 Å². The molecule has 0 saturated heterocycles. The molecule has 3 nitrogen and oxygen atoms in total. The second-order valence-electron chi connectivity index (χ2n) is 4.93. The molecule has 0 spiro atoms. The molecular formula is C15H24O3S. The summed E-state index contributed by atoms with van der Waals surface area (Å²) in [5, 5.41) is 0. The van der Waals surface area contributed by atoms with Crippen LogP contribution in [0.4, 0.5) is 0 Å². The predicted molar refractivity (Wildman–Crippen MR) is 78.1 cm³/mol. The highest BCUT2D eigenvalue weighted by Gasteiger charge is 2.17. The van der Waals surface area contributed by atoms with E-state index >= 15 is 0 Å². The number of rotatable bonds is 8. The Morgan fingerprint density at radius 3 is 2.32 bits per heavy atom. The van der Waals surface area contributed by atoms with Crippen molar-refractivity contribution in [3.8, 4) is 0 Å². The zero-order valence-corrected chi connectivity index (χ0v) is 12.7. The lowest BCUT2D eigenvalue weighted by atomic mass is 9.98. The predicted octanol–water partition coefficient (Wildman–Crippen LogP) is 4.01. The van der Waals surface area contributed by atoms with Crippen molar-refractivity contribution < 1.29 is 13.0 Å². The van der Waals surface area contributed by atoms with Gasteiger partial charge in [0, 0.05) is 0 Å². The van der Waals surface area contributed by atoms with Crippen LogP contribution in [0, 0.1) is 0 Å². The first-order valence-electron chi connectivity index (χ1n) is 7.09. The second-order valence-corrected chi connectivity index (χ2v) is 6.32. The quantitative estimate of drug-likeness (QED) is 0.579. The Hall–Kier alpha value is -0.870. The summed E-state index contributed by atoms with van der Waals surface area (Å²) in [7, 11) is -4.11. The van der Waals surface area contributed by atoms with E-state index in [-0.39, 0.29) is 4.90 Å². The molecule has 0 saturated carbocycles. The van der Waals surface area contributed by atoms with Crippen molar-refractivity contribution in [2.45, 2.75) is 63.7 Å². The topological polar surface area (TPSA) is 54.4 Å². The summed E-state index contributed by atoms with van der Waals surface area (Å²) in [6.45, 7) is 4.18. The maximum atomic E-state index is 11.4. The van der Waals surface area contributed by atoms with Crippen LogP contribution in [0.25, 0.3) is 0 Å². The fraction of sp³-hybridized carbons (Fsp3) is 0.600. The summed E-state index contributed by atoms with van der Waals surface area (Å²) in [6.07, 6.45) is 7.08. The van der Waals surface area contributed by atoms with E-state index in [1.54, 1.807) is 6.07 Å². The van der Waals surface area contributed by atoms with E-state index in [0.717, 1.165) is 36.8 Å². The molecule has 1 N–H and O–H groups in total. The summed E-state index contributed by atoms with van der Waals surface area (Å²) in [4.78, 5) is 0.0855. The van der Waals surface area contributed by atoms with E-state index in [0.29, 0.717) is 6.42 Å². The molecule has 4 heteroatoms. The minimum Gasteiger partial charge on any atom is -0.282 e. The van der Waals surface area contributed by atoms with Gasteiger partial charge in [0.1, 0.15) is 0 Å². The van der Waals surface area contributed by atoms with Gasteiger partial charge in [0.15, 0.2) is 0 Å². The van der Waals surface area contributed by atoms with Gasteiger partial charge in [0.05, 0.1) is 4.90 Å². The zero-order valence-electron chi connectivity index (χ0n) is 11.9. The van der Waals surface area contributed by atoms with Gasteiger partial charge in [-0.05, 0) is 36.5 Å². The molecule has 0 unspecified atom stereocenters. The summed E-state index contributed by atoms with van der Waals surface area (Å²) < 4.78 is 32.1. The molecule has 0 amide bonds. The first-order chi connectivity index (χ1) is 9.00. The van der Waals surface area contributed by atoms with Crippen molar-refractivity contribution in [2.75, 3.05) is 0 Å². The molecule has 0 aliphatic carbocycles. The highest BCUT2D eigenvalue weighted by atomic mass is 32.2. The Bertz CT molecular complexity index is 492. The van der Waals surface area contributed by atoms with Crippen molar-refractivity contribution >= 4 is 10.1 Å². The first kappa shape index (κ1) is 16.2. The van der Waals surface area contributed by atoms with Gasteiger partial charge in [0.25, 0.3) is 10.1 Å². The number of benzene rings is 1. The Labute approximate surface area is 116 Å². The van der Waals surface area contributed by atoms with Gasteiger partial charge in [-0.15, -0.1) is 0 Å². The molecule has 0 aliphatic rings. The molecular weight excluding hydrogens is 260 g/mol. The first-order valence-corrected chi connectivity index (χ1v) is 8.53. The minimum atomic E-state index is -4.11. The fourth-order valence-electron chi connectivity index (χ4n) is 2.36. The lowest BCUT2D eigenvalue weighted by molar-refractivity contribution is 0.481. The van der Waals surface area contributed by atoms with Crippen molar-refractivity contribution in [3.05, 3.63) is 29.3 Å². The van der Waals surface area contributed by atoms with Crippen molar-refractivity contribution in [1.29, 1.82) is 0 Å². The highest BCUT2D eigenvalue weighted by Crippen LogP contribution is 2.23. The molecule has 0 atom stereocenters. The van der Waals surface area contributed by atoms with Crippen molar-refractivity contribution in [2.24, 2.45) is 0 Å².